The van der Waals surface area contributed by atoms with Crippen LogP contribution in [0.4, 0.5) is 5.69 Å². The zero-order valence-corrected chi connectivity index (χ0v) is 17.3. The molecule has 1 aromatic heterocycles. The molecule has 0 unspecified atom stereocenters. The highest BCUT2D eigenvalue weighted by Gasteiger charge is 2.21. The zero-order valence-electron chi connectivity index (χ0n) is 15.7. The van der Waals surface area contributed by atoms with E-state index in [9.17, 15) is 4.79 Å². The summed E-state index contributed by atoms with van der Waals surface area (Å²) in [5.41, 5.74) is 2.56. The highest BCUT2D eigenvalue weighted by atomic mass is 35.5. The first-order chi connectivity index (χ1) is 13.3. The fraction of sp³-hybridized carbons (Fsp3) is 0.250. The third-order valence-electron chi connectivity index (χ3n) is 4.32. The topological polar surface area (TPSA) is 71.3 Å². The van der Waals surface area contributed by atoms with Crippen LogP contribution in [0.15, 0.2) is 46.9 Å². The summed E-state index contributed by atoms with van der Waals surface area (Å²) in [5.74, 6) is 0.715. The van der Waals surface area contributed by atoms with Gasteiger partial charge in [-0.3, -0.25) is 9.69 Å². The van der Waals surface area contributed by atoms with E-state index in [1.807, 2.05) is 50.1 Å². The van der Waals surface area contributed by atoms with Crippen LogP contribution >= 0.6 is 23.2 Å². The van der Waals surface area contributed by atoms with Crippen molar-refractivity contribution in [3.63, 3.8) is 0 Å². The molecule has 3 aromatic rings. The predicted molar refractivity (Wildman–Crippen MR) is 111 cm³/mol. The lowest BCUT2D eigenvalue weighted by molar-refractivity contribution is -0.117. The minimum atomic E-state index is -0.231. The third-order valence-corrected chi connectivity index (χ3v) is 5.06. The molecule has 28 heavy (non-hydrogen) atoms. The van der Waals surface area contributed by atoms with Gasteiger partial charge in [0.2, 0.25) is 17.7 Å². The first-order valence-electron chi connectivity index (χ1n) is 8.69. The van der Waals surface area contributed by atoms with Crippen LogP contribution in [0.25, 0.3) is 11.5 Å². The molecular weight excluding hydrogens is 399 g/mol. The summed E-state index contributed by atoms with van der Waals surface area (Å²) in [6.45, 7) is 4.05. The first-order valence-corrected chi connectivity index (χ1v) is 9.44. The van der Waals surface area contributed by atoms with Crippen molar-refractivity contribution in [1.82, 2.24) is 15.1 Å². The fourth-order valence-electron chi connectivity index (χ4n) is 2.62. The molecule has 146 valence electrons. The van der Waals surface area contributed by atoms with Crippen LogP contribution in [0, 0.1) is 6.92 Å². The second-order valence-electron chi connectivity index (χ2n) is 6.58. The number of nitrogens with one attached hydrogen (secondary N) is 1. The van der Waals surface area contributed by atoms with Gasteiger partial charge in [-0.2, -0.15) is 0 Å². The Kier molecular flexibility index (Phi) is 6.34. The summed E-state index contributed by atoms with van der Waals surface area (Å²) in [5, 5.41) is 11.9. The van der Waals surface area contributed by atoms with Gasteiger partial charge in [0.1, 0.15) is 0 Å². The summed E-state index contributed by atoms with van der Waals surface area (Å²) >= 11 is 11.9. The molecule has 0 aliphatic carbocycles. The molecule has 0 spiro atoms. The summed E-state index contributed by atoms with van der Waals surface area (Å²) in [6.07, 6.45) is 0. The van der Waals surface area contributed by atoms with Gasteiger partial charge in [0.25, 0.3) is 0 Å². The predicted octanol–water partition coefficient (Wildman–Crippen LogP) is 4.98. The number of halogens is 2. The lowest BCUT2D eigenvalue weighted by Gasteiger charge is -2.21. The van der Waals surface area contributed by atoms with Gasteiger partial charge in [-0.1, -0.05) is 40.9 Å². The Bertz CT molecular complexity index is 990. The molecule has 0 fully saturated rings. The van der Waals surface area contributed by atoms with Crippen LogP contribution in [-0.4, -0.2) is 34.6 Å². The molecule has 1 N–H and O–H groups in total. The Morgan fingerprint density at radius 3 is 2.68 bits per heavy atom. The van der Waals surface area contributed by atoms with Gasteiger partial charge in [-0.15, -0.1) is 10.2 Å². The minimum absolute atomic E-state index is 0.142. The molecule has 1 amide bonds. The van der Waals surface area contributed by atoms with Gasteiger partial charge in [0.15, 0.2) is 0 Å². The number of anilines is 1. The quantitative estimate of drug-likeness (QED) is 0.610. The largest absolute Gasteiger partial charge is 0.419 e. The van der Waals surface area contributed by atoms with Crippen LogP contribution in [0.5, 0.6) is 0 Å². The van der Waals surface area contributed by atoms with E-state index in [0.29, 0.717) is 27.5 Å². The Hall–Kier alpha value is -2.41. The molecule has 0 aliphatic rings. The first kappa shape index (κ1) is 20.3. The van der Waals surface area contributed by atoms with Crippen molar-refractivity contribution in [2.75, 3.05) is 18.9 Å². The van der Waals surface area contributed by atoms with Crippen molar-refractivity contribution < 1.29 is 9.21 Å². The van der Waals surface area contributed by atoms with E-state index in [2.05, 4.69) is 15.5 Å². The van der Waals surface area contributed by atoms with Crippen LogP contribution in [-0.2, 0) is 4.79 Å². The van der Waals surface area contributed by atoms with Crippen molar-refractivity contribution in [1.29, 1.82) is 0 Å². The Morgan fingerprint density at radius 1 is 1.18 bits per heavy atom. The minimum Gasteiger partial charge on any atom is -0.419 e. The average Bonchev–Trinajstić information content (AvgIpc) is 3.14. The van der Waals surface area contributed by atoms with E-state index in [1.165, 1.54) is 0 Å². The number of hydrogen-bond acceptors (Lipinski definition) is 5. The van der Waals surface area contributed by atoms with Crippen LogP contribution in [0.2, 0.25) is 10.0 Å². The summed E-state index contributed by atoms with van der Waals surface area (Å²) in [7, 11) is 1.82. The molecule has 3 rings (SSSR count). The average molecular weight is 419 g/mol. The Balaban J connectivity index is 1.63. The van der Waals surface area contributed by atoms with Crippen molar-refractivity contribution in [2.45, 2.75) is 19.9 Å². The third kappa shape index (κ3) is 4.90. The van der Waals surface area contributed by atoms with E-state index >= 15 is 0 Å². The van der Waals surface area contributed by atoms with Gasteiger partial charge in [0.05, 0.1) is 22.6 Å². The number of hydrogen-bond donors (Lipinski definition) is 1. The van der Waals surface area contributed by atoms with Crippen LogP contribution in [0.3, 0.4) is 0 Å². The molecule has 0 aliphatic heterocycles. The smallest absolute Gasteiger partial charge is 0.247 e. The summed E-state index contributed by atoms with van der Waals surface area (Å²) < 4.78 is 5.81. The fourth-order valence-corrected chi connectivity index (χ4v) is 2.92. The van der Waals surface area contributed by atoms with Gasteiger partial charge >= 0.3 is 0 Å². The second-order valence-corrected chi connectivity index (χ2v) is 7.40. The van der Waals surface area contributed by atoms with Crippen LogP contribution in [0.1, 0.15) is 24.4 Å². The molecule has 0 saturated heterocycles. The van der Waals surface area contributed by atoms with Gasteiger partial charge < -0.3 is 9.73 Å². The van der Waals surface area contributed by atoms with Gasteiger partial charge in [-0.25, -0.2) is 0 Å². The van der Waals surface area contributed by atoms with E-state index in [0.717, 1.165) is 11.1 Å². The molecule has 6 nitrogen and oxygen atoms in total. The Morgan fingerprint density at radius 2 is 1.96 bits per heavy atom. The number of benzene rings is 2. The highest BCUT2D eigenvalue weighted by Crippen LogP contribution is 2.26. The van der Waals surface area contributed by atoms with E-state index in [4.69, 9.17) is 27.6 Å². The molecule has 1 heterocycles. The molecule has 2 aromatic carbocycles. The van der Waals surface area contributed by atoms with Crippen LogP contribution < -0.4 is 5.32 Å². The molecule has 0 radical (unpaired) electrons. The molecule has 0 bridgehead atoms. The van der Waals surface area contributed by atoms with Crippen molar-refractivity contribution >= 4 is 34.8 Å². The maximum absolute atomic E-state index is 12.3. The molecular formula is C20H20Cl2N4O2. The Labute approximate surface area is 173 Å². The second kappa shape index (κ2) is 8.73. The maximum atomic E-state index is 12.3. The van der Waals surface area contributed by atoms with E-state index < -0.39 is 0 Å². The van der Waals surface area contributed by atoms with Crippen molar-refractivity contribution in [3.05, 3.63) is 64.0 Å². The summed E-state index contributed by atoms with van der Waals surface area (Å²) in [4.78, 5) is 14.1. The van der Waals surface area contributed by atoms with Crippen molar-refractivity contribution in [2.24, 2.45) is 0 Å². The SMILES string of the molecule is Cc1cccc(-c2nnc([C@H](C)N(C)CC(=O)Nc3ccc(Cl)c(Cl)c3)o2)c1. The lowest BCUT2D eigenvalue weighted by Crippen LogP contribution is -2.32. The van der Waals surface area contributed by atoms with E-state index in [1.54, 1.807) is 18.2 Å². The number of amides is 1. The number of nitrogens with zero attached hydrogens (tertiary/aromatic N) is 3. The number of aromatic nitrogens is 2. The highest BCUT2D eigenvalue weighted by molar-refractivity contribution is 6.42. The zero-order chi connectivity index (χ0) is 20.3. The van der Waals surface area contributed by atoms with Gasteiger partial charge in [0, 0.05) is 11.3 Å². The normalized spacial score (nSPS) is 12.2. The van der Waals surface area contributed by atoms with E-state index in [-0.39, 0.29) is 18.5 Å². The molecule has 8 heteroatoms. The molecule has 0 saturated carbocycles. The number of likely N-dealkylation sites (N-methyl/N-ethyl adjacent to an activating group) is 1. The maximum Gasteiger partial charge on any atom is 0.247 e. The number of carbonyl (C=O) groups is 1. The number of aryl methyl sites for hydroxylation is 1. The summed E-state index contributed by atoms with van der Waals surface area (Å²) in [6, 6.07) is 12.6. The monoisotopic (exact) mass is 418 g/mol. The number of rotatable bonds is 6. The lowest BCUT2D eigenvalue weighted by atomic mass is 10.1. The standard InChI is InChI=1S/C20H20Cl2N4O2/c1-12-5-4-6-14(9-12)20-25-24-19(28-20)13(2)26(3)11-18(27)23-15-7-8-16(21)17(22)10-15/h4-10,13H,11H2,1-3H3,(H,23,27)/t13-/m0/s1. The molecule has 1 atom stereocenters. The van der Waals surface area contributed by atoms with Gasteiger partial charge in [-0.05, 0) is 51.2 Å². The number of carbonyl (C=O) groups excluding carboxylic acids is 1. The van der Waals surface area contributed by atoms with Crippen molar-refractivity contribution in [3.8, 4) is 11.5 Å².